The highest BCUT2D eigenvalue weighted by molar-refractivity contribution is 5.88. The van der Waals surface area contributed by atoms with Crippen LogP contribution in [0.15, 0.2) is 73.3 Å². The number of rotatable bonds is 9. The number of benzene rings is 2. The predicted octanol–water partition coefficient (Wildman–Crippen LogP) is 3.34. The Morgan fingerprint density at radius 3 is 2.15 bits per heavy atom. The number of carbonyl (C=O) groups is 2. The molecule has 0 saturated heterocycles. The first-order valence-electron chi connectivity index (χ1n) is 8.91. The van der Waals surface area contributed by atoms with Gasteiger partial charge in [0.25, 0.3) is 0 Å². The molecule has 1 N–H and O–H groups in total. The van der Waals surface area contributed by atoms with E-state index in [9.17, 15) is 9.59 Å². The number of hydrogen-bond acceptors (Lipinski definition) is 2. The highest BCUT2D eigenvalue weighted by Gasteiger charge is 2.29. The summed E-state index contributed by atoms with van der Waals surface area (Å²) < 4.78 is 0. The van der Waals surface area contributed by atoms with Gasteiger partial charge >= 0.3 is 0 Å². The van der Waals surface area contributed by atoms with Crippen molar-refractivity contribution in [2.45, 2.75) is 32.4 Å². The average Bonchev–Trinajstić information content (AvgIpc) is 2.69. The molecule has 26 heavy (non-hydrogen) atoms. The minimum absolute atomic E-state index is 0.0384. The van der Waals surface area contributed by atoms with E-state index < -0.39 is 6.04 Å². The molecular formula is C22H26N2O2. The van der Waals surface area contributed by atoms with E-state index in [2.05, 4.69) is 11.9 Å². The van der Waals surface area contributed by atoms with E-state index in [1.54, 1.807) is 11.0 Å². The number of amides is 2. The molecule has 0 spiro atoms. The van der Waals surface area contributed by atoms with Gasteiger partial charge in [-0.05, 0) is 11.1 Å². The molecule has 136 valence electrons. The smallest absolute Gasteiger partial charge is 0.243 e. The summed E-state index contributed by atoms with van der Waals surface area (Å²) in [7, 11) is 0. The molecule has 0 unspecified atom stereocenters. The van der Waals surface area contributed by atoms with Crippen LogP contribution in [0.1, 0.15) is 24.5 Å². The van der Waals surface area contributed by atoms with Crippen molar-refractivity contribution in [1.82, 2.24) is 10.2 Å². The van der Waals surface area contributed by atoms with Gasteiger partial charge in [-0.3, -0.25) is 9.59 Å². The van der Waals surface area contributed by atoms with Crippen LogP contribution in [0.3, 0.4) is 0 Å². The third kappa shape index (κ3) is 5.59. The second kappa shape index (κ2) is 10.2. The monoisotopic (exact) mass is 350 g/mol. The summed E-state index contributed by atoms with van der Waals surface area (Å²) in [5, 5.41) is 2.85. The summed E-state index contributed by atoms with van der Waals surface area (Å²) in [6.07, 6.45) is 2.47. The van der Waals surface area contributed by atoms with Gasteiger partial charge in [-0.2, -0.15) is 0 Å². The van der Waals surface area contributed by atoms with Crippen LogP contribution in [0, 0.1) is 0 Å². The van der Waals surface area contributed by atoms with Gasteiger partial charge in [-0.1, -0.05) is 73.7 Å². The molecule has 0 radical (unpaired) electrons. The van der Waals surface area contributed by atoms with Crippen molar-refractivity contribution in [3.05, 3.63) is 84.4 Å². The predicted molar refractivity (Wildman–Crippen MR) is 104 cm³/mol. The van der Waals surface area contributed by atoms with Gasteiger partial charge in [0.05, 0.1) is 0 Å². The third-order valence-electron chi connectivity index (χ3n) is 4.19. The second-order valence-corrected chi connectivity index (χ2v) is 6.10. The van der Waals surface area contributed by atoms with Crippen LogP contribution >= 0.6 is 0 Å². The summed E-state index contributed by atoms with van der Waals surface area (Å²) in [6, 6.07) is 19.0. The van der Waals surface area contributed by atoms with E-state index in [1.807, 2.05) is 67.6 Å². The van der Waals surface area contributed by atoms with Crippen LogP contribution in [0.4, 0.5) is 0 Å². The van der Waals surface area contributed by atoms with E-state index in [1.165, 1.54) is 0 Å². The van der Waals surface area contributed by atoms with Crippen LogP contribution < -0.4 is 5.32 Å². The lowest BCUT2D eigenvalue weighted by Crippen LogP contribution is -2.50. The zero-order valence-electron chi connectivity index (χ0n) is 15.2. The summed E-state index contributed by atoms with van der Waals surface area (Å²) in [5.41, 5.74) is 2.03. The molecule has 0 aromatic heterocycles. The molecule has 2 rings (SSSR count). The summed E-state index contributed by atoms with van der Waals surface area (Å²) >= 11 is 0. The average molecular weight is 350 g/mol. The molecular weight excluding hydrogens is 324 g/mol. The van der Waals surface area contributed by atoms with Gasteiger partial charge in [0.15, 0.2) is 0 Å². The maximum Gasteiger partial charge on any atom is 0.243 e. The van der Waals surface area contributed by atoms with Crippen molar-refractivity contribution in [3.8, 4) is 0 Å². The zero-order valence-corrected chi connectivity index (χ0v) is 15.2. The Labute approximate surface area is 155 Å². The summed E-state index contributed by atoms with van der Waals surface area (Å²) in [4.78, 5) is 27.1. The lowest BCUT2D eigenvalue weighted by atomic mass is 10.0. The fourth-order valence-electron chi connectivity index (χ4n) is 2.83. The minimum Gasteiger partial charge on any atom is -0.351 e. The van der Waals surface area contributed by atoms with Crippen molar-refractivity contribution >= 4 is 11.8 Å². The Morgan fingerprint density at radius 2 is 1.62 bits per heavy atom. The molecule has 0 saturated carbocycles. The van der Waals surface area contributed by atoms with Crippen molar-refractivity contribution in [2.75, 3.05) is 6.54 Å². The van der Waals surface area contributed by atoms with E-state index >= 15 is 0 Å². The second-order valence-electron chi connectivity index (χ2n) is 6.10. The van der Waals surface area contributed by atoms with E-state index in [0.717, 1.165) is 11.1 Å². The maximum atomic E-state index is 12.8. The first-order chi connectivity index (χ1) is 12.7. The molecule has 4 heteroatoms. The van der Waals surface area contributed by atoms with Gasteiger partial charge in [0, 0.05) is 25.9 Å². The Kier molecular flexibility index (Phi) is 7.62. The topological polar surface area (TPSA) is 49.4 Å². The first kappa shape index (κ1) is 19.4. The first-order valence-corrected chi connectivity index (χ1v) is 8.91. The Balaban J connectivity index is 2.30. The van der Waals surface area contributed by atoms with Gasteiger partial charge in [0.2, 0.25) is 11.8 Å². The van der Waals surface area contributed by atoms with E-state index in [-0.39, 0.29) is 11.8 Å². The van der Waals surface area contributed by atoms with Crippen LogP contribution in [0.2, 0.25) is 0 Å². The number of nitrogens with one attached hydrogen (secondary N) is 1. The molecule has 0 aliphatic carbocycles. The maximum absolute atomic E-state index is 12.8. The molecule has 0 aliphatic heterocycles. The lowest BCUT2D eigenvalue weighted by Gasteiger charge is -2.31. The van der Waals surface area contributed by atoms with Crippen LogP contribution in [-0.2, 0) is 22.6 Å². The van der Waals surface area contributed by atoms with Gasteiger partial charge < -0.3 is 10.2 Å². The largest absolute Gasteiger partial charge is 0.351 e. The Bertz CT molecular complexity index is 713. The zero-order chi connectivity index (χ0) is 18.8. The SMILES string of the molecule is C=CCNC(=O)[C@H](Cc1ccccc1)N(Cc1ccccc1)C(=O)CC. The highest BCUT2D eigenvalue weighted by atomic mass is 16.2. The third-order valence-corrected chi connectivity index (χ3v) is 4.19. The molecule has 1 atom stereocenters. The number of nitrogens with zero attached hydrogens (tertiary/aromatic N) is 1. The summed E-state index contributed by atoms with van der Waals surface area (Å²) in [5.74, 6) is -0.199. The van der Waals surface area contributed by atoms with Crippen molar-refractivity contribution in [1.29, 1.82) is 0 Å². The normalized spacial score (nSPS) is 11.4. The molecule has 0 heterocycles. The molecule has 2 aromatic rings. The molecule has 4 nitrogen and oxygen atoms in total. The molecule has 0 fully saturated rings. The van der Waals surface area contributed by atoms with Gasteiger partial charge in [0.1, 0.15) is 6.04 Å². The fourth-order valence-corrected chi connectivity index (χ4v) is 2.83. The van der Waals surface area contributed by atoms with Gasteiger partial charge in [-0.25, -0.2) is 0 Å². The summed E-state index contributed by atoms with van der Waals surface area (Å²) in [6.45, 7) is 6.25. The Morgan fingerprint density at radius 1 is 1.04 bits per heavy atom. The Hall–Kier alpha value is -2.88. The molecule has 2 amide bonds. The standard InChI is InChI=1S/C22H26N2O2/c1-3-15-23-22(26)20(16-18-11-7-5-8-12-18)24(21(25)4-2)17-19-13-9-6-10-14-19/h3,5-14,20H,1,4,15-17H2,2H3,(H,23,26)/t20-/m0/s1. The van der Waals surface area contributed by atoms with Crippen LogP contribution in [-0.4, -0.2) is 29.3 Å². The van der Waals surface area contributed by atoms with E-state index in [0.29, 0.717) is 25.9 Å². The van der Waals surface area contributed by atoms with Crippen LogP contribution in [0.5, 0.6) is 0 Å². The number of carbonyl (C=O) groups excluding carboxylic acids is 2. The number of hydrogen-bond donors (Lipinski definition) is 1. The fraction of sp³-hybridized carbons (Fsp3) is 0.273. The molecule has 0 bridgehead atoms. The molecule has 0 aliphatic rings. The van der Waals surface area contributed by atoms with Crippen molar-refractivity contribution < 1.29 is 9.59 Å². The quantitative estimate of drug-likeness (QED) is 0.705. The minimum atomic E-state index is -0.565. The van der Waals surface area contributed by atoms with Crippen molar-refractivity contribution in [3.63, 3.8) is 0 Å². The van der Waals surface area contributed by atoms with Crippen LogP contribution in [0.25, 0.3) is 0 Å². The lowest BCUT2D eigenvalue weighted by molar-refractivity contribution is -0.140. The molecule has 2 aromatic carbocycles. The highest BCUT2D eigenvalue weighted by Crippen LogP contribution is 2.15. The van der Waals surface area contributed by atoms with Gasteiger partial charge in [-0.15, -0.1) is 6.58 Å². The van der Waals surface area contributed by atoms with Crippen molar-refractivity contribution in [2.24, 2.45) is 0 Å². The van der Waals surface area contributed by atoms with E-state index in [4.69, 9.17) is 0 Å².